The Hall–Kier alpha value is -2.83. The molecule has 0 aromatic heterocycles. The smallest absolute Gasteiger partial charge is 0.361 e. The summed E-state index contributed by atoms with van der Waals surface area (Å²) in [5.41, 5.74) is -0.765. The largest absolute Gasteiger partial charge is 0.416 e. The van der Waals surface area contributed by atoms with E-state index in [9.17, 15) is 22.4 Å². The Morgan fingerprint density at radius 2 is 1.58 bits per heavy atom. The van der Waals surface area contributed by atoms with Crippen LogP contribution in [-0.2, 0) is 11.0 Å². The molecule has 1 atom stereocenters. The molecule has 1 aliphatic rings. The van der Waals surface area contributed by atoms with Crippen LogP contribution < -0.4 is 10.6 Å². The summed E-state index contributed by atoms with van der Waals surface area (Å²) in [4.78, 5) is 11.9. The van der Waals surface area contributed by atoms with Crippen molar-refractivity contribution in [2.75, 3.05) is 0 Å². The normalized spacial score (nSPS) is 17.8. The fourth-order valence-corrected chi connectivity index (χ4v) is 2.55. The lowest BCUT2D eigenvalue weighted by atomic mass is 10.0. The quantitative estimate of drug-likeness (QED) is 0.823. The second-order valence-electron chi connectivity index (χ2n) is 5.21. The molecule has 3 rings (SSSR count). The van der Waals surface area contributed by atoms with Crippen molar-refractivity contribution in [3.8, 4) is 0 Å². The minimum Gasteiger partial charge on any atom is -0.361 e. The van der Waals surface area contributed by atoms with Crippen molar-refractivity contribution in [3.05, 3.63) is 77.1 Å². The Morgan fingerprint density at radius 1 is 0.917 bits per heavy atom. The van der Waals surface area contributed by atoms with Gasteiger partial charge in [-0.3, -0.25) is 4.79 Å². The van der Waals surface area contributed by atoms with Gasteiger partial charge < -0.3 is 10.6 Å². The van der Waals surface area contributed by atoms with Gasteiger partial charge in [-0.1, -0.05) is 30.3 Å². The zero-order chi connectivity index (χ0) is 17.3. The van der Waals surface area contributed by atoms with Crippen LogP contribution in [0, 0.1) is 5.82 Å². The van der Waals surface area contributed by atoms with Crippen molar-refractivity contribution in [1.82, 2.24) is 10.6 Å². The lowest BCUT2D eigenvalue weighted by Crippen LogP contribution is -2.42. The van der Waals surface area contributed by atoms with Crippen LogP contribution in [0.1, 0.15) is 22.9 Å². The summed E-state index contributed by atoms with van der Waals surface area (Å²) in [6, 6.07) is 10.6. The van der Waals surface area contributed by atoms with Crippen LogP contribution in [0.5, 0.6) is 0 Å². The number of hydrogen-bond acceptors (Lipinski definition) is 2. The molecule has 2 aromatic carbocycles. The molecule has 0 fully saturated rings. The molecular formula is C17H12F4N2O. The molecule has 0 spiro atoms. The van der Waals surface area contributed by atoms with Crippen LogP contribution in [0.15, 0.2) is 54.6 Å². The number of halogens is 4. The van der Waals surface area contributed by atoms with E-state index in [-0.39, 0.29) is 16.8 Å². The van der Waals surface area contributed by atoms with Crippen molar-refractivity contribution in [1.29, 1.82) is 0 Å². The standard InChI is InChI=1S/C17H12F4N2O/c18-13-8-4-2-6-11(13)14-9-15(24)23-16(22-14)10-5-1-3-7-12(10)17(19,20)21/h1-9,16,22H,(H,23,24). The van der Waals surface area contributed by atoms with Crippen LogP contribution in [0.4, 0.5) is 17.6 Å². The highest BCUT2D eigenvalue weighted by atomic mass is 19.4. The summed E-state index contributed by atoms with van der Waals surface area (Å²) in [5, 5.41) is 5.17. The number of hydrogen-bond donors (Lipinski definition) is 2. The Labute approximate surface area is 135 Å². The van der Waals surface area contributed by atoms with E-state index >= 15 is 0 Å². The number of nitrogens with one attached hydrogen (secondary N) is 2. The molecule has 7 heteroatoms. The van der Waals surface area contributed by atoms with Gasteiger partial charge in [-0.2, -0.15) is 13.2 Å². The van der Waals surface area contributed by atoms with Gasteiger partial charge in [-0.15, -0.1) is 0 Å². The highest BCUT2D eigenvalue weighted by molar-refractivity contribution is 5.96. The van der Waals surface area contributed by atoms with Crippen LogP contribution in [0.25, 0.3) is 5.70 Å². The van der Waals surface area contributed by atoms with Crippen LogP contribution in [-0.4, -0.2) is 5.91 Å². The molecule has 0 aliphatic carbocycles. The first-order valence-corrected chi connectivity index (χ1v) is 7.06. The Kier molecular flexibility index (Phi) is 4.01. The van der Waals surface area contributed by atoms with Crippen molar-refractivity contribution in [2.45, 2.75) is 12.3 Å². The van der Waals surface area contributed by atoms with E-state index in [2.05, 4.69) is 10.6 Å². The molecule has 0 radical (unpaired) electrons. The number of benzene rings is 2. The van der Waals surface area contributed by atoms with Gasteiger partial charge in [-0.25, -0.2) is 4.39 Å². The third-order valence-corrected chi connectivity index (χ3v) is 3.60. The molecule has 124 valence electrons. The van der Waals surface area contributed by atoms with Crippen molar-refractivity contribution >= 4 is 11.6 Å². The number of amides is 1. The summed E-state index contributed by atoms with van der Waals surface area (Å²) in [7, 11) is 0. The SMILES string of the molecule is O=C1C=C(c2ccccc2F)NC(c2ccccc2C(F)(F)F)N1. The second-order valence-corrected chi connectivity index (χ2v) is 5.21. The third kappa shape index (κ3) is 3.10. The van der Waals surface area contributed by atoms with Crippen molar-refractivity contribution in [2.24, 2.45) is 0 Å². The molecular weight excluding hydrogens is 324 g/mol. The van der Waals surface area contributed by atoms with Gasteiger partial charge in [0.2, 0.25) is 5.91 Å². The van der Waals surface area contributed by atoms with Crippen LogP contribution >= 0.6 is 0 Å². The fraction of sp³-hybridized carbons (Fsp3) is 0.118. The number of rotatable bonds is 2. The van der Waals surface area contributed by atoms with Gasteiger partial charge >= 0.3 is 6.18 Å². The van der Waals surface area contributed by atoms with Gasteiger partial charge in [0.05, 0.1) is 11.3 Å². The molecule has 0 bridgehead atoms. The average Bonchev–Trinajstić information content (AvgIpc) is 2.54. The monoisotopic (exact) mass is 336 g/mol. The highest BCUT2D eigenvalue weighted by Gasteiger charge is 2.36. The van der Waals surface area contributed by atoms with E-state index in [4.69, 9.17) is 0 Å². The predicted molar refractivity (Wildman–Crippen MR) is 79.8 cm³/mol. The van der Waals surface area contributed by atoms with E-state index < -0.39 is 29.6 Å². The molecule has 1 unspecified atom stereocenters. The first-order chi connectivity index (χ1) is 11.4. The summed E-state index contributed by atoms with van der Waals surface area (Å²) in [5.74, 6) is -1.18. The third-order valence-electron chi connectivity index (χ3n) is 3.60. The minimum atomic E-state index is -4.57. The molecule has 1 aliphatic heterocycles. The Balaban J connectivity index is 2.00. The summed E-state index contributed by atoms with van der Waals surface area (Å²) in [6.45, 7) is 0. The summed E-state index contributed by atoms with van der Waals surface area (Å²) in [6.07, 6.45) is -4.57. The van der Waals surface area contributed by atoms with E-state index in [1.165, 1.54) is 36.4 Å². The molecule has 3 nitrogen and oxygen atoms in total. The molecule has 2 N–H and O–H groups in total. The van der Waals surface area contributed by atoms with E-state index in [0.29, 0.717) is 0 Å². The number of carbonyl (C=O) groups excluding carboxylic acids is 1. The summed E-state index contributed by atoms with van der Waals surface area (Å²) >= 11 is 0. The van der Waals surface area contributed by atoms with Crippen molar-refractivity contribution in [3.63, 3.8) is 0 Å². The predicted octanol–water partition coefficient (Wildman–Crippen LogP) is 3.60. The fourth-order valence-electron chi connectivity index (χ4n) is 2.55. The van der Waals surface area contributed by atoms with E-state index in [1.807, 2.05) is 0 Å². The maximum Gasteiger partial charge on any atom is 0.416 e. The molecule has 0 saturated heterocycles. The lowest BCUT2D eigenvalue weighted by molar-refractivity contribution is -0.138. The van der Waals surface area contributed by atoms with Crippen LogP contribution in [0.3, 0.4) is 0 Å². The molecule has 1 amide bonds. The topological polar surface area (TPSA) is 41.1 Å². The van der Waals surface area contributed by atoms with Gasteiger partial charge in [0.25, 0.3) is 0 Å². The average molecular weight is 336 g/mol. The Bertz CT molecular complexity index is 814. The molecule has 2 aromatic rings. The van der Waals surface area contributed by atoms with E-state index in [1.54, 1.807) is 6.07 Å². The maximum atomic E-state index is 13.9. The number of alkyl halides is 3. The zero-order valence-electron chi connectivity index (χ0n) is 12.2. The van der Waals surface area contributed by atoms with Gasteiger partial charge in [-0.05, 0) is 18.2 Å². The first-order valence-electron chi connectivity index (χ1n) is 7.06. The van der Waals surface area contributed by atoms with Gasteiger partial charge in [0, 0.05) is 17.2 Å². The highest BCUT2D eigenvalue weighted by Crippen LogP contribution is 2.35. The van der Waals surface area contributed by atoms with E-state index in [0.717, 1.165) is 12.1 Å². The first kappa shape index (κ1) is 16.0. The molecule has 0 saturated carbocycles. The van der Waals surface area contributed by atoms with Crippen LogP contribution in [0.2, 0.25) is 0 Å². The molecule has 1 heterocycles. The van der Waals surface area contributed by atoms with Crippen molar-refractivity contribution < 1.29 is 22.4 Å². The maximum absolute atomic E-state index is 13.9. The zero-order valence-corrected chi connectivity index (χ0v) is 12.2. The Morgan fingerprint density at radius 3 is 2.29 bits per heavy atom. The second kappa shape index (κ2) is 5.99. The minimum absolute atomic E-state index is 0.113. The van der Waals surface area contributed by atoms with Gasteiger partial charge in [0.15, 0.2) is 0 Å². The summed E-state index contributed by atoms with van der Waals surface area (Å²) < 4.78 is 53.4. The molecule has 24 heavy (non-hydrogen) atoms. The number of carbonyl (C=O) groups is 1. The van der Waals surface area contributed by atoms with Gasteiger partial charge in [0.1, 0.15) is 12.0 Å². The lowest BCUT2D eigenvalue weighted by Gasteiger charge is -2.29.